The highest BCUT2D eigenvalue weighted by Crippen LogP contribution is 2.30. The third-order valence-electron chi connectivity index (χ3n) is 3.64. The van der Waals surface area contributed by atoms with Crippen LogP contribution in [0.1, 0.15) is 24.8 Å². The number of hydrogen-bond donors (Lipinski definition) is 0. The van der Waals surface area contributed by atoms with Crippen molar-refractivity contribution in [3.05, 3.63) is 46.5 Å². The van der Waals surface area contributed by atoms with E-state index in [1.807, 2.05) is 6.07 Å². The smallest absolute Gasteiger partial charge is 0.293 e. The van der Waals surface area contributed by atoms with Crippen molar-refractivity contribution in [1.29, 1.82) is 0 Å². The number of aromatic nitrogens is 3. The summed E-state index contributed by atoms with van der Waals surface area (Å²) in [5.41, 5.74) is 1.47. The van der Waals surface area contributed by atoms with E-state index in [1.165, 1.54) is 23.8 Å². The molecule has 0 saturated carbocycles. The van der Waals surface area contributed by atoms with Gasteiger partial charge in [-0.2, -0.15) is 5.10 Å². The number of benzene rings is 1. The topological polar surface area (TPSA) is 89.4 Å². The lowest BCUT2D eigenvalue weighted by Gasteiger charge is -2.28. The van der Waals surface area contributed by atoms with Gasteiger partial charge in [0.2, 0.25) is 0 Å². The third-order valence-corrected chi connectivity index (χ3v) is 3.64. The van der Waals surface area contributed by atoms with Gasteiger partial charge in [0.25, 0.3) is 5.69 Å². The maximum absolute atomic E-state index is 11.4. The van der Waals surface area contributed by atoms with E-state index < -0.39 is 0 Å². The number of nitro benzene ring substituents is 1. The largest absolute Gasteiger partial charge is 0.366 e. The van der Waals surface area contributed by atoms with E-state index in [2.05, 4.69) is 20.2 Å². The van der Waals surface area contributed by atoms with Crippen molar-refractivity contribution >= 4 is 17.6 Å². The summed E-state index contributed by atoms with van der Waals surface area (Å²) in [4.78, 5) is 13.1. The van der Waals surface area contributed by atoms with Crippen LogP contribution in [-0.2, 0) is 0 Å². The van der Waals surface area contributed by atoms with Crippen molar-refractivity contribution in [2.45, 2.75) is 19.3 Å². The molecule has 22 heavy (non-hydrogen) atoms. The summed E-state index contributed by atoms with van der Waals surface area (Å²) >= 11 is 0. The molecular formula is C14H16N6O2. The van der Waals surface area contributed by atoms with E-state index >= 15 is 0 Å². The molecule has 1 aliphatic heterocycles. The maximum Gasteiger partial charge on any atom is 0.293 e. The summed E-state index contributed by atoms with van der Waals surface area (Å²) in [7, 11) is 0. The van der Waals surface area contributed by atoms with Gasteiger partial charge in [-0.3, -0.25) is 10.1 Å². The molecule has 0 bridgehead atoms. The van der Waals surface area contributed by atoms with Crippen LogP contribution in [0.15, 0.2) is 36.0 Å². The monoisotopic (exact) mass is 300 g/mol. The zero-order valence-electron chi connectivity index (χ0n) is 12.0. The Bertz CT molecular complexity index is 677. The van der Waals surface area contributed by atoms with Gasteiger partial charge in [0.1, 0.15) is 18.3 Å². The summed E-state index contributed by atoms with van der Waals surface area (Å²) in [5.74, 6) is 0. The maximum atomic E-state index is 11.4. The average Bonchev–Trinajstić information content (AvgIpc) is 3.07. The Balaban J connectivity index is 1.88. The molecule has 0 aliphatic carbocycles. The van der Waals surface area contributed by atoms with Gasteiger partial charge in [0.15, 0.2) is 0 Å². The molecule has 114 valence electrons. The molecule has 2 heterocycles. The van der Waals surface area contributed by atoms with Crippen molar-refractivity contribution in [1.82, 2.24) is 14.9 Å². The first kappa shape index (κ1) is 14.2. The van der Waals surface area contributed by atoms with E-state index in [0.717, 1.165) is 25.9 Å². The molecule has 3 rings (SSSR count). The number of piperidine rings is 1. The van der Waals surface area contributed by atoms with Crippen LogP contribution in [0, 0.1) is 10.1 Å². The lowest BCUT2D eigenvalue weighted by molar-refractivity contribution is -0.384. The summed E-state index contributed by atoms with van der Waals surface area (Å²) in [6.07, 6.45) is 7.80. The molecule has 1 aliphatic rings. The lowest BCUT2D eigenvalue weighted by atomic mass is 10.1. The van der Waals surface area contributed by atoms with Gasteiger partial charge in [0.05, 0.1) is 11.1 Å². The molecule has 0 amide bonds. The molecule has 0 radical (unpaired) electrons. The van der Waals surface area contributed by atoms with Gasteiger partial charge >= 0.3 is 0 Å². The zero-order chi connectivity index (χ0) is 15.4. The molecule has 1 aromatic heterocycles. The summed E-state index contributed by atoms with van der Waals surface area (Å²) in [5, 5.41) is 22.7. The van der Waals surface area contributed by atoms with Crippen molar-refractivity contribution in [3.8, 4) is 0 Å². The van der Waals surface area contributed by atoms with Gasteiger partial charge in [-0.15, -0.1) is 10.2 Å². The summed E-state index contributed by atoms with van der Waals surface area (Å²) < 4.78 is 1.43. The van der Waals surface area contributed by atoms with Gasteiger partial charge in [0, 0.05) is 24.7 Å². The van der Waals surface area contributed by atoms with Crippen LogP contribution in [0.25, 0.3) is 0 Å². The Morgan fingerprint density at radius 2 is 1.91 bits per heavy atom. The van der Waals surface area contributed by atoms with Gasteiger partial charge in [-0.25, -0.2) is 4.68 Å². The van der Waals surface area contributed by atoms with Crippen LogP contribution in [-0.4, -0.2) is 39.1 Å². The molecule has 1 fully saturated rings. The van der Waals surface area contributed by atoms with Crippen LogP contribution in [0.4, 0.5) is 11.4 Å². The second kappa shape index (κ2) is 6.33. The molecule has 0 atom stereocenters. The molecule has 0 spiro atoms. The van der Waals surface area contributed by atoms with Crippen molar-refractivity contribution in [3.63, 3.8) is 0 Å². The normalized spacial score (nSPS) is 15.4. The Hall–Kier alpha value is -2.77. The fourth-order valence-electron chi connectivity index (χ4n) is 2.56. The van der Waals surface area contributed by atoms with Crippen LogP contribution >= 0.6 is 0 Å². The number of hydrogen-bond acceptors (Lipinski definition) is 6. The van der Waals surface area contributed by atoms with Gasteiger partial charge < -0.3 is 4.90 Å². The number of anilines is 1. The van der Waals surface area contributed by atoms with E-state index in [1.54, 1.807) is 18.3 Å². The molecular weight excluding hydrogens is 284 g/mol. The standard InChI is InChI=1S/C14H16N6O2/c21-20(22)14-8-12(9-17-19-10-15-16-11-19)4-5-13(14)18-6-2-1-3-7-18/h4-5,8-11H,1-3,6-7H2/b17-9+. The van der Waals surface area contributed by atoms with E-state index in [4.69, 9.17) is 0 Å². The summed E-state index contributed by atoms with van der Waals surface area (Å²) in [6.45, 7) is 1.74. The summed E-state index contributed by atoms with van der Waals surface area (Å²) in [6, 6.07) is 5.19. The molecule has 1 aromatic carbocycles. The molecule has 8 nitrogen and oxygen atoms in total. The first-order chi connectivity index (χ1) is 10.7. The van der Waals surface area contributed by atoms with Crippen molar-refractivity contribution < 1.29 is 4.92 Å². The fraction of sp³-hybridized carbons (Fsp3) is 0.357. The molecule has 1 saturated heterocycles. The van der Waals surface area contributed by atoms with E-state index in [0.29, 0.717) is 11.3 Å². The molecule has 8 heteroatoms. The van der Waals surface area contributed by atoms with E-state index in [-0.39, 0.29) is 10.6 Å². The third kappa shape index (κ3) is 3.11. The van der Waals surface area contributed by atoms with Crippen LogP contribution in [0.5, 0.6) is 0 Å². The molecule has 0 unspecified atom stereocenters. The SMILES string of the molecule is O=[N+]([O-])c1cc(/C=N/n2cnnc2)ccc1N1CCCCC1. The minimum absolute atomic E-state index is 0.120. The van der Waals surface area contributed by atoms with Crippen molar-refractivity contribution in [2.24, 2.45) is 5.10 Å². The average molecular weight is 300 g/mol. The Morgan fingerprint density at radius 3 is 2.59 bits per heavy atom. The van der Waals surface area contributed by atoms with Gasteiger partial charge in [-0.1, -0.05) is 6.07 Å². The van der Waals surface area contributed by atoms with Crippen LogP contribution < -0.4 is 4.90 Å². The first-order valence-corrected chi connectivity index (χ1v) is 7.16. The molecule has 2 aromatic rings. The van der Waals surface area contributed by atoms with Crippen molar-refractivity contribution in [2.75, 3.05) is 18.0 Å². The lowest BCUT2D eigenvalue weighted by Crippen LogP contribution is -2.29. The minimum atomic E-state index is -0.333. The number of nitro groups is 1. The second-order valence-corrected chi connectivity index (χ2v) is 5.14. The quantitative estimate of drug-likeness (QED) is 0.490. The number of nitrogens with zero attached hydrogens (tertiary/aromatic N) is 6. The Labute approximate surface area is 127 Å². The zero-order valence-corrected chi connectivity index (χ0v) is 12.0. The Morgan fingerprint density at radius 1 is 1.18 bits per heavy atom. The highest BCUT2D eigenvalue weighted by Gasteiger charge is 2.21. The predicted molar refractivity (Wildman–Crippen MR) is 82.2 cm³/mol. The first-order valence-electron chi connectivity index (χ1n) is 7.16. The number of rotatable bonds is 4. The highest BCUT2D eigenvalue weighted by atomic mass is 16.6. The predicted octanol–water partition coefficient (Wildman–Crippen LogP) is 2.06. The molecule has 0 N–H and O–H groups in total. The Kier molecular flexibility index (Phi) is 4.08. The second-order valence-electron chi connectivity index (χ2n) is 5.14. The highest BCUT2D eigenvalue weighted by molar-refractivity contribution is 5.83. The van der Waals surface area contributed by atoms with Gasteiger partial charge in [-0.05, 0) is 25.3 Å². The van der Waals surface area contributed by atoms with Crippen LogP contribution in [0.3, 0.4) is 0 Å². The minimum Gasteiger partial charge on any atom is -0.366 e. The fourth-order valence-corrected chi connectivity index (χ4v) is 2.56. The van der Waals surface area contributed by atoms with Crippen LogP contribution in [0.2, 0.25) is 0 Å². The van der Waals surface area contributed by atoms with E-state index in [9.17, 15) is 10.1 Å².